The normalized spacial score (nSPS) is 10.8. The zero-order valence-corrected chi connectivity index (χ0v) is 13.2. The minimum Gasteiger partial charge on any atom is -0.410 e. The maximum absolute atomic E-state index is 12.3. The summed E-state index contributed by atoms with van der Waals surface area (Å²) in [7, 11) is 1.64. The van der Waals surface area contributed by atoms with Crippen molar-refractivity contribution in [3.63, 3.8) is 0 Å². The Kier molecular flexibility index (Phi) is 4.35. The van der Waals surface area contributed by atoms with Gasteiger partial charge in [0.2, 0.25) is 0 Å². The third kappa shape index (κ3) is 3.02. The van der Waals surface area contributed by atoms with Crippen LogP contribution in [-0.2, 0) is 6.54 Å². The number of nitrogens with one attached hydrogen (secondary N) is 1. The number of nitrogens with two attached hydrogens (primary N) is 1. The monoisotopic (exact) mass is 326 g/mol. The Morgan fingerprint density at radius 1 is 1.25 bits per heavy atom. The fourth-order valence-corrected chi connectivity index (χ4v) is 2.47. The van der Waals surface area contributed by atoms with E-state index in [1.807, 2.05) is 30.3 Å². The van der Waals surface area contributed by atoms with Gasteiger partial charge in [0.05, 0.1) is 11.0 Å². The van der Waals surface area contributed by atoms with Gasteiger partial charge in [0.25, 0.3) is 0 Å². The molecule has 0 aliphatic heterocycles. The number of para-hydroxylation sites is 1. The van der Waals surface area contributed by atoms with Crippen molar-refractivity contribution in [1.82, 2.24) is 9.55 Å². The molecule has 24 heavy (non-hydrogen) atoms. The van der Waals surface area contributed by atoms with E-state index in [9.17, 15) is 9.59 Å². The molecule has 124 valence electrons. The number of hydrogen-bond acceptors (Lipinski definition) is 4. The molecule has 0 saturated carbocycles. The largest absolute Gasteiger partial charge is 0.419 e. The summed E-state index contributed by atoms with van der Waals surface area (Å²) in [6.45, 7) is 0.730. The van der Waals surface area contributed by atoms with Crippen LogP contribution >= 0.6 is 0 Å². The van der Waals surface area contributed by atoms with E-state index in [0.717, 1.165) is 5.69 Å². The van der Waals surface area contributed by atoms with Gasteiger partial charge >= 0.3 is 11.8 Å². The number of aromatic nitrogens is 2. The molecule has 0 aliphatic rings. The summed E-state index contributed by atoms with van der Waals surface area (Å²) in [4.78, 5) is 28.3. The number of benzene rings is 2. The van der Waals surface area contributed by atoms with Crippen LogP contribution in [0.1, 0.15) is 0 Å². The number of fused-ring (bicyclic) bond motifs is 1. The minimum absolute atomic E-state index is 0.236. The molecule has 2 aromatic carbocycles. The van der Waals surface area contributed by atoms with E-state index in [4.69, 9.17) is 10.5 Å². The standard InChI is InChI=1S/C17H18N4O3/c1-20(12-5-3-2-4-6-12)17(23)24-13-7-8-14-15(11-13)21(10-9-18)16(22)19-14/h2-8,11H,9-10,18H2,1H3,(H,19,22). The summed E-state index contributed by atoms with van der Waals surface area (Å²) in [5.74, 6) is 0.361. The van der Waals surface area contributed by atoms with Crippen molar-refractivity contribution < 1.29 is 9.53 Å². The van der Waals surface area contributed by atoms with Crippen molar-refractivity contribution in [2.75, 3.05) is 18.5 Å². The molecule has 0 saturated heterocycles. The van der Waals surface area contributed by atoms with Crippen LogP contribution in [0, 0.1) is 0 Å². The van der Waals surface area contributed by atoms with Gasteiger partial charge in [0.1, 0.15) is 5.75 Å². The SMILES string of the molecule is CN(C(=O)Oc1ccc2[nH]c(=O)n(CCN)c2c1)c1ccccc1. The van der Waals surface area contributed by atoms with Gasteiger partial charge in [0.15, 0.2) is 0 Å². The van der Waals surface area contributed by atoms with Gasteiger partial charge in [-0.15, -0.1) is 0 Å². The molecule has 0 aliphatic carbocycles. The number of carbonyl (C=O) groups excluding carboxylic acids is 1. The van der Waals surface area contributed by atoms with Crippen molar-refractivity contribution in [2.24, 2.45) is 5.73 Å². The van der Waals surface area contributed by atoms with E-state index < -0.39 is 6.09 Å². The van der Waals surface area contributed by atoms with Crippen molar-refractivity contribution in [1.29, 1.82) is 0 Å². The van der Waals surface area contributed by atoms with Crippen molar-refractivity contribution >= 4 is 22.8 Å². The van der Waals surface area contributed by atoms with Gasteiger partial charge < -0.3 is 15.5 Å². The highest BCUT2D eigenvalue weighted by Gasteiger charge is 2.14. The average molecular weight is 326 g/mol. The topological polar surface area (TPSA) is 93.3 Å². The fraction of sp³-hybridized carbons (Fsp3) is 0.176. The first-order chi connectivity index (χ1) is 11.6. The van der Waals surface area contributed by atoms with Crippen LogP contribution in [0.3, 0.4) is 0 Å². The predicted molar refractivity (Wildman–Crippen MR) is 92.5 cm³/mol. The van der Waals surface area contributed by atoms with Crippen LogP contribution in [0.25, 0.3) is 11.0 Å². The number of H-pyrrole nitrogens is 1. The number of hydrogen-bond donors (Lipinski definition) is 2. The molecule has 1 heterocycles. The highest BCUT2D eigenvalue weighted by Crippen LogP contribution is 2.20. The van der Waals surface area contributed by atoms with Crippen molar-refractivity contribution in [2.45, 2.75) is 6.54 Å². The van der Waals surface area contributed by atoms with Gasteiger partial charge in [-0.3, -0.25) is 9.47 Å². The van der Waals surface area contributed by atoms with E-state index >= 15 is 0 Å². The zero-order valence-electron chi connectivity index (χ0n) is 13.2. The molecule has 3 N–H and O–H groups in total. The van der Waals surface area contributed by atoms with Gasteiger partial charge in [0, 0.05) is 31.9 Å². The van der Waals surface area contributed by atoms with Gasteiger partial charge in [-0.1, -0.05) is 18.2 Å². The summed E-state index contributed by atoms with van der Waals surface area (Å²) < 4.78 is 6.93. The van der Waals surface area contributed by atoms with Crippen LogP contribution in [0.2, 0.25) is 0 Å². The molecule has 0 atom stereocenters. The Morgan fingerprint density at radius 3 is 2.71 bits per heavy atom. The molecule has 1 aromatic heterocycles. The number of anilines is 1. The van der Waals surface area contributed by atoms with Crippen molar-refractivity contribution in [3.05, 3.63) is 59.0 Å². The molecule has 0 fully saturated rings. The number of aromatic amines is 1. The molecule has 0 radical (unpaired) electrons. The lowest BCUT2D eigenvalue weighted by atomic mass is 10.3. The second-order valence-electron chi connectivity index (χ2n) is 5.31. The van der Waals surface area contributed by atoms with Gasteiger partial charge in [-0.2, -0.15) is 0 Å². The van der Waals surface area contributed by atoms with E-state index in [0.29, 0.717) is 29.9 Å². The Hall–Kier alpha value is -3.06. The fourth-order valence-electron chi connectivity index (χ4n) is 2.47. The highest BCUT2D eigenvalue weighted by atomic mass is 16.6. The molecule has 7 nitrogen and oxygen atoms in total. The highest BCUT2D eigenvalue weighted by molar-refractivity contribution is 5.89. The summed E-state index contributed by atoms with van der Waals surface area (Å²) in [6, 6.07) is 14.2. The first-order valence-corrected chi connectivity index (χ1v) is 7.53. The maximum Gasteiger partial charge on any atom is 0.419 e. The summed E-state index contributed by atoms with van der Waals surface area (Å²) in [5.41, 5.74) is 7.35. The summed E-state index contributed by atoms with van der Waals surface area (Å²) in [5, 5.41) is 0. The second kappa shape index (κ2) is 6.59. The number of ether oxygens (including phenoxy) is 1. The number of nitrogens with zero attached hydrogens (tertiary/aromatic N) is 2. The molecule has 7 heteroatoms. The lowest BCUT2D eigenvalue weighted by Gasteiger charge is -2.16. The first-order valence-electron chi connectivity index (χ1n) is 7.53. The van der Waals surface area contributed by atoms with Crippen LogP contribution in [0.5, 0.6) is 5.75 Å². The van der Waals surface area contributed by atoms with E-state index in [1.54, 1.807) is 25.2 Å². The Morgan fingerprint density at radius 2 is 2.00 bits per heavy atom. The van der Waals surface area contributed by atoms with Crippen LogP contribution in [0.15, 0.2) is 53.3 Å². The van der Waals surface area contributed by atoms with Crippen LogP contribution < -0.4 is 21.1 Å². The number of carbonyl (C=O) groups is 1. The molecule has 0 spiro atoms. The molecular formula is C17H18N4O3. The predicted octanol–water partition coefficient (Wildman–Crippen LogP) is 1.92. The van der Waals surface area contributed by atoms with Gasteiger partial charge in [-0.05, 0) is 24.3 Å². The zero-order chi connectivity index (χ0) is 17.1. The second-order valence-corrected chi connectivity index (χ2v) is 5.31. The Bertz CT molecular complexity index is 914. The van der Waals surface area contributed by atoms with Crippen LogP contribution in [-0.4, -0.2) is 29.2 Å². The van der Waals surface area contributed by atoms with Crippen LogP contribution in [0.4, 0.5) is 10.5 Å². The number of rotatable bonds is 4. The molecule has 0 bridgehead atoms. The maximum atomic E-state index is 12.3. The molecule has 1 amide bonds. The third-order valence-corrected chi connectivity index (χ3v) is 3.72. The van der Waals surface area contributed by atoms with E-state index in [-0.39, 0.29) is 5.69 Å². The van der Waals surface area contributed by atoms with Gasteiger partial charge in [-0.25, -0.2) is 9.59 Å². The third-order valence-electron chi connectivity index (χ3n) is 3.72. The molecule has 0 unspecified atom stereocenters. The number of amides is 1. The lowest BCUT2D eigenvalue weighted by molar-refractivity contribution is 0.209. The Balaban J connectivity index is 1.86. The smallest absolute Gasteiger partial charge is 0.410 e. The molecular weight excluding hydrogens is 308 g/mol. The minimum atomic E-state index is -0.510. The molecule has 3 aromatic rings. The lowest BCUT2D eigenvalue weighted by Crippen LogP contribution is -2.29. The summed E-state index contributed by atoms with van der Waals surface area (Å²) >= 11 is 0. The van der Waals surface area contributed by atoms with E-state index in [2.05, 4.69) is 4.98 Å². The summed E-state index contributed by atoms with van der Waals surface area (Å²) in [6.07, 6.45) is -0.510. The Labute approximate surface area is 138 Å². The number of imidazole rings is 1. The average Bonchev–Trinajstić information content (AvgIpc) is 2.91. The van der Waals surface area contributed by atoms with E-state index in [1.165, 1.54) is 9.47 Å². The quantitative estimate of drug-likeness (QED) is 0.766. The first kappa shape index (κ1) is 15.8. The van der Waals surface area contributed by atoms with Crippen molar-refractivity contribution in [3.8, 4) is 5.75 Å². The molecule has 3 rings (SSSR count).